The number of furan rings is 1. The molecule has 0 spiro atoms. The fraction of sp³-hybridized carbons (Fsp3) is 0.174. The quantitative estimate of drug-likeness (QED) is 0.507. The minimum atomic E-state index is -0.821. The average molecular weight is 405 g/mol. The van der Waals surface area contributed by atoms with Gasteiger partial charge in [-0.25, -0.2) is 0 Å². The first-order valence-corrected chi connectivity index (χ1v) is 9.58. The molecule has 0 radical (unpaired) electrons. The Morgan fingerprint density at radius 1 is 0.833 bits per heavy atom. The Hall–Kier alpha value is -3.87. The van der Waals surface area contributed by atoms with Crippen molar-refractivity contribution >= 4 is 17.7 Å². The summed E-state index contributed by atoms with van der Waals surface area (Å²) in [5.41, 5.74) is 1.35. The third kappa shape index (κ3) is 6.34. The number of benzene rings is 2. The third-order valence-corrected chi connectivity index (χ3v) is 4.40. The molecule has 7 heteroatoms. The van der Waals surface area contributed by atoms with Gasteiger partial charge in [0.2, 0.25) is 11.8 Å². The molecule has 1 atom stereocenters. The Morgan fingerprint density at radius 3 is 2.20 bits per heavy atom. The molecule has 0 unspecified atom stereocenters. The van der Waals surface area contributed by atoms with E-state index < -0.39 is 11.9 Å². The van der Waals surface area contributed by atoms with Gasteiger partial charge < -0.3 is 20.4 Å². The van der Waals surface area contributed by atoms with Crippen LogP contribution in [0.25, 0.3) is 0 Å². The number of hydrogen-bond donors (Lipinski definition) is 3. The standard InChI is InChI=1S/C23H23N3O4/c27-21(24-15-19-12-7-13-30-19)16-25-23(29)20(14-17-8-3-1-4-9-17)26-22(28)18-10-5-2-6-11-18/h1-13,20H,14-16H2,(H,24,27)(H,25,29)(H,26,28)/t20-/m0/s1. The molecule has 7 nitrogen and oxygen atoms in total. The second-order valence-corrected chi connectivity index (χ2v) is 6.66. The lowest BCUT2D eigenvalue weighted by Gasteiger charge is -2.19. The number of hydrogen-bond acceptors (Lipinski definition) is 4. The number of nitrogens with one attached hydrogen (secondary N) is 3. The van der Waals surface area contributed by atoms with E-state index in [4.69, 9.17) is 4.42 Å². The highest BCUT2D eigenvalue weighted by Crippen LogP contribution is 2.06. The summed E-state index contributed by atoms with van der Waals surface area (Å²) in [5.74, 6) is -0.524. The van der Waals surface area contributed by atoms with Crippen molar-refractivity contribution in [2.24, 2.45) is 0 Å². The fourth-order valence-corrected chi connectivity index (χ4v) is 2.84. The van der Waals surface area contributed by atoms with Gasteiger partial charge in [-0.3, -0.25) is 14.4 Å². The van der Waals surface area contributed by atoms with E-state index in [0.717, 1.165) is 5.56 Å². The largest absolute Gasteiger partial charge is 0.467 e. The maximum absolute atomic E-state index is 12.7. The minimum Gasteiger partial charge on any atom is -0.467 e. The van der Waals surface area contributed by atoms with E-state index in [2.05, 4.69) is 16.0 Å². The van der Waals surface area contributed by atoms with Crippen LogP contribution in [-0.4, -0.2) is 30.3 Å². The first-order valence-electron chi connectivity index (χ1n) is 9.58. The Kier molecular flexibility index (Phi) is 7.38. The molecule has 0 aliphatic carbocycles. The summed E-state index contributed by atoms with van der Waals surface area (Å²) in [6.45, 7) is 0.0337. The van der Waals surface area contributed by atoms with Gasteiger partial charge in [-0.05, 0) is 29.8 Å². The number of amides is 3. The average Bonchev–Trinajstić information content (AvgIpc) is 3.30. The van der Waals surface area contributed by atoms with Crippen LogP contribution in [0, 0.1) is 0 Å². The molecule has 0 bridgehead atoms. The van der Waals surface area contributed by atoms with Crippen LogP contribution >= 0.6 is 0 Å². The SMILES string of the molecule is O=C(CNC(=O)[C@H](Cc1ccccc1)NC(=O)c1ccccc1)NCc1ccco1. The number of carbonyl (C=O) groups is 3. The van der Waals surface area contributed by atoms with Crippen LogP contribution in [0.4, 0.5) is 0 Å². The van der Waals surface area contributed by atoms with Gasteiger partial charge in [-0.2, -0.15) is 0 Å². The van der Waals surface area contributed by atoms with E-state index in [9.17, 15) is 14.4 Å². The van der Waals surface area contributed by atoms with Gasteiger partial charge in [0.1, 0.15) is 11.8 Å². The van der Waals surface area contributed by atoms with E-state index in [1.165, 1.54) is 6.26 Å². The molecule has 1 aromatic heterocycles. The van der Waals surface area contributed by atoms with Gasteiger partial charge in [0, 0.05) is 12.0 Å². The molecular formula is C23H23N3O4. The van der Waals surface area contributed by atoms with Gasteiger partial charge in [0.25, 0.3) is 5.91 Å². The van der Waals surface area contributed by atoms with Gasteiger partial charge in [0.15, 0.2) is 0 Å². The molecule has 3 rings (SSSR count). The van der Waals surface area contributed by atoms with E-state index in [0.29, 0.717) is 17.7 Å². The van der Waals surface area contributed by atoms with Crippen molar-refractivity contribution in [2.75, 3.05) is 6.54 Å². The minimum absolute atomic E-state index is 0.202. The fourth-order valence-electron chi connectivity index (χ4n) is 2.84. The molecule has 0 saturated heterocycles. The summed E-state index contributed by atoms with van der Waals surface area (Å²) in [6.07, 6.45) is 1.83. The summed E-state index contributed by atoms with van der Waals surface area (Å²) in [5, 5.41) is 8.02. The highest BCUT2D eigenvalue weighted by atomic mass is 16.3. The predicted octanol–water partition coefficient (Wildman–Crippen LogP) is 2.05. The molecular weight excluding hydrogens is 382 g/mol. The lowest BCUT2D eigenvalue weighted by atomic mass is 10.0. The molecule has 0 fully saturated rings. The van der Waals surface area contributed by atoms with E-state index >= 15 is 0 Å². The zero-order valence-corrected chi connectivity index (χ0v) is 16.3. The van der Waals surface area contributed by atoms with Crippen LogP contribution in [0.3, 0.4) is 0 Å². The van der Waals surface area contributed by atoms with Crippen molar-refractivity contribution in [1.82, 2.24) is 16.0 Å². The topological polar surface area (TPSA) is 100 Å². The first-order chi connectivity index (χ1) is 14.6. The van der Waals surface area contributed by atoms with Crippen molar-refractivity contribution in [3.05, 3.63) is 95.9 Å². The molecule has 30 heavy (non-hydrogen) atoms. The summed E-state index contributed by atoms with van der Waals surface area (Å²) >= 11 is 0. The van der Waals surface area contributed by atoms with E-state index in [1.807, 2.05) is 36.4 Å². The summed E-state index contributed by atoms with van der Waals surface area (Å²) in [4.78, 5) is 37.3. The summed E-state index contributed by atoms with van der Waals surface area (Å²) in [6, 6.07) is 20.7. The van der Waals surface area contributed by atoms with Crippen LogP contribution in [-0.2, 0) is 22.6 Å². The van der Waals surface area contributed by atoms with E-state index in [1.54, 1.807) is 36.4 Å². The monoisotopic (exact) mass is 405 g/mol. The molecule has 0 aliphatic rings. The second-order valence-electron chi connectivity index (χ2n) is 6.66. The number of carbonyl (C=O) groups excluding carboxylic acids is 3. The molecule has 3 aromatic rings. The summed E-state index contributed by atoms with van der Waals surface area (Å²) < 4.78 is 5.15. The van der Waals surface area contributed by atoms with Gasteiger partial charge in [-0.15, -0.1) is 0 Å². The van der Waals surface area contributed by atoms with Gasteiger partial charge >= 0.3 is 0 Å². The van der Waals surface area contributed by atoms with Crippen molar-refractivity contribution in [2.45, 2.75) is 19.0 Å². The van der Waals surface area contributed by atoms with Crippen molar-refractivity contribution < 1.29 is 18.8 Å². The van der Waals surface area contributed by atoms with E-state index in [-0.39, 0.29) is 24.9 Å². The van der Waals surface area contributed by atoms with Gasteiger partial charge in [-0.1, -0.05) is 48.5 Å². The zero-order valence-electron chi connectivity index (χ0n) is 16.3. The first kappa shape index (κ1) is 20.9. The van der Waals surface area contributed by atoms with Crippen LogP contribution in [0.1, 0.15) is 21.7 Å². The summed E-state index contributed by atoms with van der Waals surface area (Å²) in [7, 11) is 0. The molecule has 2 aromatic carbocycles. The Bertz CT molecular complexity index is 957. The molecule has 154 valence electrons. The maximum atomic E-state index is 12.7. The van der Waals surface area contributed by atoms with Crippen LogP contribution in [0.15, 0.2) is 83.5 Å². The Labute approximate surface area is 174 Å². The van der Waals surface area contributed by atoms with Crippen molar-refractivity contribution in [3.8, 4) is 0 Å². The highest BCUT2D eigenvalue weighted by molar-refractivity contribution is 5.98. The maximum Gasteiger partial charge on any atom is 0.251 e. The Morgan fingerprint density at radius 2 is 1.53 bits per heavy atom. The predicted molar refractivity (Wildman–Crippen MR) is 111 cm³/mol. The number of rotatable bonds is 9. The normalized spacial score (nSPS) is 11.3. The van der Waals surface area contributed by atoms with Crippen LogP contribution in [0.5, 0.6) is 0 Å². The van der Waals surface area contributed by atoms with Crippen molar-refractivity contribution in [3.63, 3.8) is 0 Å². The highest BCUT2D eigenvalue weighted by Gasteiger charge is 2.22. The molecule has 3 amide bonds. The molecule has 3 N–H and O–H groups in total. The second kappa shape index (κ2) is 10.6. The Balaban J connectivity index is 1.59. The molecule has 0 aliphatic heterocycles. The lowest BCUT2D eigenvalue weighted by molar-refractivity contribution is -0.127. The van der Waals surface area contributed by atoms with Crippen LogP contribution < -0.4 is 16.0 Å². The lowest BCUT2D eigenvalue weighted by Crippen LogP contribution is -2.50. The third-order valence-electron chi connectivity index (χ3n) is 4.40. The molecule has 1 heterocycles. The van der Waals surface area contributed by atoms with Crippen LogP contribution in [0.2, 0.25) is 0 Å². The zero-order chi connectivity index (χ0) is 21.2. The smallest absolute Gasteiger partial charge is 0.251 e. The van der Waals surface area contributed by atoms with Crippen molar-refractivity contribution in [1.29, 1.82) is 0 Å². The molecule has 0 saturated carbocycles. The van der Waals surface area contributed by atoms with Gasteiger partial charge in [0.05, 0.1) is 19.4 Å².